The van der Waals surface area contributed by atoms with Crippen molar-refractivity contribution in [2.45, 2.75) is 6.92 Å². The van der Waals surface area contributed by atoms with Crippen LogP contribution in [0.15, 0.2) is 96.6 Å². The molecule has 226 valence electrons. The first kappa shape index (κ1) is 30.8. The molecular formula is C31H21IN4O9. The molecule has 0 saturated carbocycles. The third kappa shape index (κ3) is 6.21. The van der Waals surface area contributed by atoms with Crippen molar-refractivity contribution in [3.8, 4) is 17.2 Å². The fourth-order valence-electron chi connectivity index (χ4n) is 4.50. The first-order valence-corrected chi connectivity index (χ1v) is 14.3. The summed E-state index contributed by atoms with van der Waals surface area (Å²) in [6.45, 7) is 1.86. The van der Waals surface area contributed by atoms with Crippen LogP contribution in [0.1, 0.15) is 12.5 Å². The Kier molecular flexibility index (Phi) is 8.85. The van der Waals surface area contributed by atoms with Gasteiger partial charge in [0.05, 0.1) is 37.5 Å². The van der Waals surface area contributed by atoms with Gasteiger partial charge in [0.1, 0.15) is 5.57 Å². The van der Waals surface area contributed by atoms with Gasteiger partial charge >= 0.3 is 11.7 Å². The SMILES string of the molecule is CCOc1cc(C=C2C(=O)N(c3ccccc3)C(=O)N(c3ccccc3)C2=O)cc(I)c1Oc1ccc([N+](=O)[O-])cc1[N+](=O)[O-]. The summed E-state index contributed by atoms with van der Waals surface area (Å²) < 4.78 is 12.0. The van der Waals surface area contributed by atoms with E-state index in [1.54, 1.807) is 73.7 Å². The second-order valence-electron chi connectivity index (χ2n) is 9.32. The van der Waals surface area contributed by atoms with Crippen LogP contribution in [0.5, 0.6) is 17.2 Å². The number of carbonyl (C=O) groups is 3. The lowest BCUT2D eigenvalue weighted by atomic mass is 10.0. The number of amides is 4. The molecule has 0 atom stereocenters. The number of rotatable bonds is 9. The van der Waals surface area contributed by atoms with E-state index in [1.807, 2.05) is 22.6 Å². The smallest absolute Gasteiger partial charge is 0.343 e. The number of barbiturate groups is 1. The van der Waals surface area contributed by atoms with Crippen molar-refractivity contribution in [2.24, 2.45) is 0 Å². The molecule has 45 heavy (non-hydrogen) atoms. The van der Waals surface area contributed by atoms with Gasteiger partial charge in [-0.25, -0.2) is 14.6 Å². The summed E-state index contributed by atoms with van der Waals surface area (Å²) in [5.74, 6) is -1.74. The number of para-hydroxylation sites is 2. The number of hydrogen-bond acceptors (Lipinski definition) is 9. The number of ether oxygens (including phenoxy) is 2. The minimum Gasteiger partial charge on any atom is -0.490 e. The molecule has 1 fully saturated rings. The van der Waals surface area contributed by atoms with Crippen LogP contribution in [0.25, 0.3) is 6.08 Å². The van der Waals surface area contributed by atoms with E-state index in [4.69, 9.17) is 9.47 Å². The number of carbonyl (C=O) groups excluding carboxylic acids is 3. The van der Waals surface area contributed by atoms with Gasteiger partial charge < -0.3 is 9.47 Å². The van der Waals surface area contributed by atoms with Gasteiger partial charge in [0.2, 0.25) is 5.75 Å². The van der Waals surface area contributed by atoms with Crippen LogP contribution in [0, 0.1) is 23.8 Å². The Morgan fingerprint density at radius 3 is 1.87 bits per heavy atom. The van der Waals surface area contributed by atoms with Gasteiger partial charge in [-0.3, -0.25) is 29.8 Å². The van der Waals surface area contributed by atoms with Crippen molar-refractivity contribution in [1.82, 2.24) is 0 Å². The lowest BCUT2D eigenvalue weighted by Crippen LogP contribution is -2.57. The number of anilines is 2. The van der Waals surface area contributed by atoms with E-state index in [-0.39, 0.29) is 40.8 Å². The average Bonchev–Trinajstić information content (AvgIpc) is 3.02. The highest BCUT2D eigenvalue weighted by molar-refractivity contribution is 14.1. The molecule has 0 aliphatic carbocycles. The van der Waals surface area contributed by atoms with Crippen molar-refractivity contribution >= 4 is 69.3 Å². The van der Waals surface area contributed by atoms with Gasteiger partial charge in [-0.2, -0.15) is 0 Å². The summed E-state index contributed by atoms with van der Waals surface area (Å²) in [5.41, 5.74) is -0.542. The van der Waals surface area contributed by atoms with Gasteiger partial charge in [0.25, 0.3) is 17.5 Å². The highest BCUT2D eigenvalue weighted by Gasteiger charge is 2.43. The second kappa shape index (κ2) is 12.9. The Morgan fingerprint density at radius 2 is 1.36 bits per heavy atom. The first-order chi connectivity index (χ1) is 21.6. The number of urea groups is 1. The zero-order chi connectivity index (χ0) is 32.2. The summed E-state index contributed by atoms with van der Waals surface area (Å²) in [5, 5.41) is 22.8. The number of benzene rings is 4. The van der Waals surface area contributed by atoms with E-state index >= 15 is 0 Å². The van der Waals surface area contributed by atoms with Crippen LogP contribution in [-0.2, 0) is 9.59 Å². The van der Waals surface area contributed by atoms with E-state index in [9.17, 15) is 34.6 Å². The van der Waals surface area contributed by atoms with Crippen molar-refractivity contribution in [1.29, 1.82) is 0 Å². The molecule has 5 rings (SSSR count). The standard InChI is InChI=1S/C31H21IN4O9/c1-2-44-27-17-19(16-24(32)28(27)45-26-14-13-22(35(40)41)18-25(26)36(42)43)15-23-29(37)33(20-9-5-3-6-10-20)31(39)34(30(23)38)21-11-7-4-8-12-21/h3-18H,2H2,1H3. The maximum absolute atomic E-state index is 13.7. The van der Waals surface area contributed by atoms with Gasteiger partial charge in [-0.1, -0.05) is 36.4 Å². The van der Waals surface area contributed by atoms with Crippen molar-refractivity contribution in [3.05, 3.63) is 126 Å². The maximum atomic E-state index is 13.7. The Balaban J connectivity index is 1.60. The number of nitrogens with zero attached hydrogens (tertiary/aromatic N) is 4. The van der Waals surface area contributed by atoms with E-state index in [1.165, 1.54) is 12.1 Å². The molecule has 0 aromatic heterocycles. The molecule has 1 aliphatic heterocycles. The predicted octanol–water partition coefficient (Wildman–Crippen LogP) is 6.88. The Labute approximate surface area is 268 Å². The molecule has 0 bridgehead atoms. The Hall–Kier alpha value is -5.64. The van der Waals surface area contributed by atoms with Crippen molar-refractivity contribution in [3.63, 3.8) is 0 Å². The molecule has 4 aromatic carbocycles. The molecule has 1 aliphatic rings. The molecule has 0 radical (unpaired) electrons. The normalized spacial score (nSPS) is 13.1. The van der Waals surface area contributed by atoms with Crippen LogP contribution in [0.3, 0.4) is 0 Å². The molecule has 0 N–H and O–H groups in total. The predicted molar refractivity (Wildman–Crippen MR) is 171 cm³/mol. The number of nitro benzene ring substituents is 2. The van der Waals surface area contributed by atoms with Crippen LogP contribution in [0.4, 0.5) is 27.5 Å². The van der Waals surface area contributed by atoms with E-state index in [0.29, 0.717) is 9.13 Å². The second-order valence-corrected chi connectivity index (χ2v) is 10.5. The maximum Gasteiger partial charge on any atom is 0.343 e. The van der Waals surface area contributed by atoms with Gasteiger partial charge in [-0.05, 0) is 83.6 Å². The highest BCUT2D eigenvalue weighted by Crippen LogP contribution is 2.42. The topological polar surface area (TPSA) is 162 Å². The summed E-state index contributed by atoms with van der Waals surface area (Å²) in [7, 11) is 0. The van der Waals surface area contributed by atoms with Gasteiger partial charge in [-0.15, -0.1) is 0 Å². The van der Waals surface area contributed by atoms with E-state index in [0.717, 1.165) is 28.0 Å². The lowest BCUT2D eigenvalue weighted by molar-refractivity contribution is -0.394. The molecule has 0 spiro atoms. The monoisotopic (exact) mass is 720 g/mol. The molecule has 0 unspecified atom stereocenters. The molecule has 13 nitrogen and oxygen atoms in total. The van der Waals surface area contributed by atoms with Gasteiger partial charge in [0.15, 0.2) is 11.5 Å². The van der Waals surface area contributed by atoms with Crippen LogP contribution in [-0.4, -0.2) is 34.3 Å². The fourth-order valence-corrected chi connectivity index (χ4v) is 5.23. The zero-order valence-corrected chi connectivity index (χ0v) is 25.4. The average molecular weight is 720 g/mol. The minimum atomic E-state index is -0.836. The molecule has 1 saturated heterocycles. The number of nitro groups is 2. The summed E-state index contributed by atoms with van der Waals surface area (Å²) in [4.78, 5) is 64.1. The quantitative estimate of drug-likeness (QED) is 0.0590. The first-order valence-electron chi connectivity index (χ1n) is 13.2. The number of halogens is 1. The van der Waals surface area contributed by atoms with Gasteiger partial charge in [0, 0.05) is 6.07 Å². The van der Waals surface area contributed by atoms with Crippen LogP contribution in [0.2, 0.25) is 0 Å². The van der Waals surface area contributed by atoms with Crippen molar-refractivity contribution in [2.75, 3.05) is 16.4 Å². The highest BCUT2D eigenvalue weighted by atomic mass is 127. The van der Waals surface area contributed by atoms with E-state index in [2.05, 4.69) is 0 Å². The molecule has 4 aromatic rings. The lowest BCUT2D eigenvalue weighted by Gasteiger charge is -2.34. The Morgan fingerprint density at radius 1 is 0.778 bits per heavy atom. The molecular weight excluding hydrogens is 699 g/mol. The number of hydrogen-bond donors (Lipinski definition) is 0. The largest absolute Gasteiger partial charge is 0.490 e. The third-order valence-electron chi connectivity index (χ3n) is 6.48. The Bertz CT molecular complexity index is 1820. The van der Waals surface area contributed by atoms with E-state index < -0.39 is 39.1 Å². The van der Waals surface area contributed by atoms with Crippen LogP contribution >= 0.6 is 22.6 Å². The molecule has 14 heteroatoms. The molecule has 1 heterocycles. The summed E-state index contributed by atoms with van der Waals surface area (Å²) in [6, 6.07) is 21.6. The van der Waals surface area contributed by atoms with Crippen LogP contribution < -0.4 is 19.3 Å². The summed E-state index contributed by atoms with van der Waals surface area (Å²) >= 11 is 1.90. The van der Waals surface area contributed by atoms with Crippen molar-refractivity contribution < 1.29 is 33.7 Å². The zero-order valence-electron chi connectivity index (χ0n) is 23.3. The minimum absolute atomic E-state index is 0.0739. The number of non-ortho nitro benzene ring substituents is 1. The summed E-state index contributed by atoms with van der Waals surface area (Å²) in [6.07, 6.45) is 1.33. The fraction of sp³-hybridized carbons (Fsp3) is 0.0645. The third-order valence-corrected chi connectivity index (χ3v) is 7.28. The molecule has 4 amide bonds. The number of imide groups is 2.